The van der Waals surface area contributed by atoms with Gasteiger partial charge in [-0.05, 0) is 13.0 Å². The highest BCUT2D eigenvalue weighted by Crippen LogP contribution is 1.98. The second-order valence-corrected chi connectivity index (χ2v) is 4.14. The van der Waals surface area contributed by atoms with Crippen LogP contribution in [0.4, 0.5) is 5.69 Å². The topological polar surface area (TPSA) is 68.3 Å². The van der Waals surface area contributed by atoms with E-state index in [4.69, 9.17) is 5.73 Å². The summed E-state index contributed by atoms with van der Waals surface area (Å²) in [6, 6.07) is 2.86. The molecule has 1 amide bonds. The molecule has 0 aliphatic carbocycles. The van der Waals surface area contributed by atoms with E-state index in [1.165, 1.54) is 27.8 Å². The number of aromatic nitrogens is 1. The van der Waals surface area contributed by atoms with E-state index in [0.717, 1.165) is 5.57 Å². The third-order valence-electron chi connectivity index (χ3n) is 2.24. The Balaban J connectivity index is 2.77. The molecular weight excluding hydrogens is 218 g/mol. The fourth-order valence-corrected chi connectivity index (χ4v) is 1.43. The van der Waals surface area contributed by atoms with Gasteiger partial charge in [-0.15, -0.1) is 0 Å². The fourth-order valence-electron chi connectivity index (χ4n) is 1.43. The second-order valence-electron chi connectivity index (χ2n) is 4.14. The number of anilines is 1. The Morgan fingerprint density at radius 1 is 1.53 bits per heavy atom. The lowest BCUT2D eigenvalue weighted by Crippen LogP contribution is -2.34. The van der Waals surface area contributed by atoms with Crippen molar-refractivity contribution in [3.05, 3.63) is 40.8 Å². The van der Waals surface area contributed by atoms with Gasteiger partial charge in [0.1, 0.15) is 6.54 Å². The smallest absolute Gasteiger partial charge is 0.251 e. The largest absolute Gasteiger partial charge is 0.398 e. The fraction of sp³-hybridized carbons (Fsp3) is 0.333. The van der Waals surface area contributed by atoms with Gasteiger partial charge in [-0.1, -0.05) is 12.2 Å². The van der Waals surface area contributed by atoms with Crippen LogP contribution < -0.4 is 11.3 Å². The summed E-state index contributed by atoms with van der Waals surface area (Å²) in [4.78, 5) is 24.8. The molecule has 0 bridgehead atoms. The molecule has 5 heteroatoms. The lowest BCUT2D eigenvalue weighted by Gasteiger charge is -2.17. The van der Waals surface area contributed by atoms with Crippen LogP contribution in [0.2, 0.25) is 0 Å². The molecule has 1 rings (SSSR count). The van der Waals surface area contributed by atoms with Gasteiger partial charge in [0.25, 0.3) is 5.56 Å². The first-order valence-electron chi connectivity index (χ1n) is 5.24. The minimum atomic E-state index is -0.240. The molecule has 17 heavy (non-hydrogen) atoms. The van der Waals surface area contributed by atoms with Gasteiger partial charge in [-0.25, -0.2) is 0 Å². The summed E-state index contributed by atoms with van der Waals surface area (Å²) >= 11 is 0. The number of nitrogens with two attached hydrogens (primary N) is 1. The van der Waals surface area contributed by atoms with Crippen molar-refractivity contribution in [3.63, 3.8) is 0 Å². The van der Waals surface area contributed by atoms with Crippen LogP contribution in [-0.2, 0) is 11.3 Å². The minimum Gasteiger partial charge on any atom is -0.398 e. The van der Waals surface area contributed by atoms with E-state index >= 15 is 0 Å². The van der Waals surface area contributed by atoms with Crippen LogP contribution in [0, 0.1) is 0 Å². The Kier molecular flexibility index (Phi) is 4.09. The Morgan fingerprint density at radius 2 is 2.18 bits per heavy atom. The minimum absolute atomic E-state index is 0.00630. The Hall–Kier alpha value is -2.04. The van der Waals surface area contributed by atoms with E-state index in [0.29, 0.717) is 12.2 Å². The summed E-state index contributed by atoms with van der Waals surface area (Å²) in [6.45, 7) is 6.05. The van der Waals surface area contributed by atoms with Crippen molar-refractivity contribution in [1.29, 1.82) is 0 Å². The van der Waals surface area contributed by atoms with Crippen molar-refractivity contribution < 1.29 is 4.79 Å². The lowest BCUT2D eigenvalue weighted by molar-refractivity contribution is -0.130. The molecule has 1 aromatic heterocycles. The third kappa shape index (κ3) is 3.79. The molecule has 0 aliphatic rings. The van der Waals surface area contributed by atoms with Crippen LogP contribution in [0.3, 0.4) is 0 Å². The van der Waals surface area contributed by atoms with Gasteiger partial charge in [-0.2, -0.15) is 0 Å². The molecule has 1 heterocycles. The molecule has 0 saturated heterocycles. The van der Waals surface area contributed by atoms with Crippen LogP contribution in [0.5, 0.6) is 0 Å². The summed E-state index contributed by atoms with van der Waals surface area (Å²) in [7, 11) is 1.67. The highest BCUT2D eigenvalue weighted by Gasteiger charge is 2.10. The predicted molar refractivity (Wildman–Crippen MR) is 67.6 cm³/mol. The Bertz CT molecular complexity index is 491. The molecule has 2 N–H and O–H groups in total. The van der Waals surface area contributed by atoms with Gasteiger partial charge >= 0.3 is 0 Å². The molecule has 0 unspecified atom stereocenters. The molecule has 0 aliphatic heterocycles. The first-order chi connectivity index (χ1) is 7.90. The molecular formula is C12H17N3O2. The summed E-state index contributed by atoms with van der Waals surface area (Å²) < 4.78 is 1.30. The molecule has 92 valence electrons. The monoisotopic (exact) mass is 235 g/mol. The molecule has 0 saturated carbocycles. The van der Waals surface area contributed by atoms with E-state index in [9.17, 15) is 9.59 Å². The molecule has 1 aromatic rings. The Labute approximate surface area is 100 Å². The maximum atomic E-state index is 11.8. The second kappa shape index (κ2) is 5.34. The number of nitrogen functional groups attached to an aromatic ring is 1. The zero-order valence-electron chi connectivity index (χ0n) is 10.1. The SMILES string of the molecule is C=C(C)CN(C)C(=O)Cn1cc(N)ccc1=O. The number of hydrogen-bond acceptors (Lipinski definition) is 3. The van der Waals surface area contributed by atoms with Gasteiger partial charge in [0, 0.05) is 31.5 Å². The van der Waals surface area contributed by atoms with E-state index in [-0.39, 0.29) is 18.0 Å². The van der Waals surface area contributed by atoms with E-state index < -0.39 is 0 Å². The molecule has 0 aromatic carbocycles. The number of nitrogens with zero attached hydrogens (tertiary/aromatic N) is 2. The highest BCUT2D eigenvalue weighted by atomic mass is 16.2. The number of carbonyl (C=O) groups is 1. The van der Waals surface area contributed by atoms with E-state index in [1.54, 1.807) is 7.05 Å². The quantitative estimate of drug-likeness (QED) is 0.771. The molecule has 5 nitrogen and oxygen atoms in total. The first kappa shape index (κ1) is 13.0. The van der Waals surface area contributed by atoms with Crippen LogP contribution in [0.1, 0.15) is 6.92 Å². The van der Waals surface area contributed by atoms with Gasteiger partial charge < -0.3 is 15.2 Å². The van der Waals surface area contributed by atoms with Crippen LogP contribution in [-0.4, -0.2) is 29.0 Å². The number of amides is 1. The zero-order chi connectivity index (χ0) is 13.0. The molecule has 0 spiro atoms. The zero-order valence-corrected chi connectivity index (χ0v) is 10.1. The van der Waals surface area contributed by atoms with Gasteiger partial charge in [0.15, 0.2) is 0 Å². The summed E-state index contributed by atoms with van der Waals surface area (Å²) in [5.74, 6) is -0.152. The normalized spacial score (nSPS) is 10.0. The lowest BCUT2D eigenvalue weighted by atomic mass is 10.3. The van der Waals surface area contributed by atoms with Crippen molar-refractivity contribution >= 4 is 11.6 Å². The predicted octanol–water partition coefficient (Wildman–Crippen LogP) is 0.465. The summed E-state index contributed by atoms with van der Waals surface area (Å²) in [6.07, 6.45) is 1.47. The van der Waals surface area contributed by atoms with Crippen molar-refractivity contribution in [2.75, 3.05) is 19.3 Å². The molecule has 0 fully saturated rings. The third-order valence-corrected chi connectivity index (χ3v) is 2.24. The first-order valence-corrected chi connectivity index (χ1v) is 5.24. The van der Waals surface area contributed by atoms with Crippen LogP contribution in [0.15, 0.2) is 35.3 Å². The number of carbonyl (C=O) groups excluding carboxylic acids is 1. The van der Waals surface area contributed by atoms with Gasteiger partial charge in [0.2, 0.25) is 5.91 Å². The number of likely N-dealkylation sites (N-methyl/N-ethyl adjacent to an activating group) is 1. The van der Waals surface area contributed by atoms with Gasteiger partial charge in [0.05, 0.1) is 0 Å². The number of rotatable bonds is 4. The van der Waals surface area contributed by atoms with Crippen molar-refractivity contribution in [2.45, 2.75) is 13.5 Å². The highest BCUT2D eigenvalue weighted by molar-refractivity contribution is 5.76. The maximum Gasteiger partial charge on any atom is 0.251 e. The summed E-state index contributed by atoms with van der Waals surface area (Å²) in [5, 5.41) is 0. The molecule has 0 atom stereocenters. The van der Waals surface area contributed by atoms with Gasteiger partial charge in [-0.3, -0.25) is 9.59 Å². The van der Waals surface area contributed by atoms with Crippen molar-refractivity contribution in [3.8, 4) is 0 Å². The molecule has 0 radical (unpaired) electrons. The maximum absolute atomic E-state index is 11.8. The number of hydrogen-bond donors (Lipinski definition) is 1. The van der Waals surface area contributed by atoms with Crippen LogP contribution >= 0.6 is 0 Å². The van der Waals surface area contributed by atoms with Crippen molar-refractivity contribution in [1.82, 2.24) is 9.47 Å². The average Bonchev–Trinajstić information content (AvgIpc) is 2.22. The van der Waals surface area contributed by atoms with Crippen LogP contribution in [0.25, 0.3) is 0 Å². The van der Waals surface area contributed by atoms with E-state index in [1.807, 2.05) is 6.92 Å². The summed E-state index contributed by atoms with van der Waals surface area (Å²) in [5.41, 5.74) is 6.67. The number of pyridine rings is 1. The van der Waals surface area contributed by atoms with E-state index in [2.05, 4.69) is 6.58 Å². The van der Waals surface area contributed by atoms with Crippen molar-refractivity contribution in [2.24, 2.45) is 0 Å². The standard InChI is InChI=1S/C12H17N3O2/c1-9(2)6-14(3)12(17)8-15-7-10(13)4-5-11(15)16/h4-5,7H,1,6,8,13H2,2-3H3. The Morgan fingerprint density at radius 3 is 2.76 bits per heavy atom. The average molecular weight is 235 g/mol.